The molecule has 0 spiro atoms. The average Bonchev–Trinajstić information content (AvgIpc) is 2.05. The zero-order chi connectivity index (χ0) is 9.10. The molecule has 0 amide bonds. The van der Waals surface area contributed by atoms with Gasteiger partial charge in [-0.1, -0.05) is 11.6 Å². The van der Waals surface area contributed by atoms with E-state index in [1.54, 1.807) is 6.20 Å². The Bertz CT molecular complexity index is 271. The molecular formula is C9H11ClN2O. The highest BCUT2D eigenvalue weighted by atomic mass is 35.5. The highest BCUT2D eigenvalue weighted by Gasteiger charge is 2.16. The zero-order valence-corrected chi connectivity index (χ0v) is 7.92. The van der Waals surface area contributed by atoms with Gasteiger partial charge in [-0.25, -0.2) is 0 Å². The van der Waals surface area contributed by atoms with Crippen LogP contribution < -0.4 is 5.32 Å². The summed E-state index contributed by atoms with van der Waals surface area (Å²) in [5, 5.41) is 3.80. The Kier molecular flexibility index (Phi) is 2.78. The van der Waals surface area contributed by atoms with Crippen LogP contribution in [0.2, 0.25) is 5.02 Å². The van der Waals surface area contributed by atoms with Gasteiger partial charge in [-0.15, -0.1) is 0 Å². The van der Waals surface area contributed by atoms with Crippen LogP contribution in [-0.4, -0.2) is 24.2 Å². The molecule has 2 rings (SSSR count). The Labute approximate surface area is 82.1 Å². The average molecular weight is 199 g/mol. The maximum absolute atomic E-state index is 5.70. The second kappa shape index (κ2) is 4.05. The smallest absolute Gasteiger partial charge is 0.0892 e. The lowest BCUT2D eigenvalue weighted by Crippen LogP contribution is -2.48. The molecule has 1 saturated heterocycles. The second-order valence-electron chi connectivity index (χ2n) is 3.06. The third-order valence-electron chi connectivity index (χ3n) is 2.00. The lowest BCUT2D eigenvalue weighted by Gasteiger charge is -2.26. The summed E-state index contributed by atoms with van der Waals surface area (Å²) in [6.07, 6.45) is 2.00. The molecule has 0 aliphatic carbocycles. The third-order valence-corrected chi connectivity index (χ3v) is 2.22. The zero-order valence-electron chi connectivity index (χ0n) is 7.16. The number of aromatic nitrogens is 1. The van der Waals surface area contributed by atoms with E-state index >= 15 is 0 Å². The number of ether oxygens (including phenoxy) is 1. The number of pyridine rings is 1. The molecule has 0 radical (unpaired) electrons. The van der Waals surface area contributed by atoms with Gasteiger partial charge in [0.1, 0.15) is 0 Å². The second-order valence-corrected chi connectivity index (χ2v) is 3.50. The first-order valence-corrected chi connectivity index (χ1v) is 4.65. The minimum Gasteiger partial charge on any atom is -0.369 e. The third kappa shape index (κ3) is 2.40. The van der Waals surface area contributed by atoms with E-state index in [1.165, 1.54) is 0 Å². The summed E-state index contributed by atoms with van der Waals surface area (Å²) in [7, 11) is 0. The molecule has 1 N–H and O–H groups in total. The van der Waals surface area contributed by atoms with Gasteiger partial charge < -0.3 is 10.1 Å². The molecule has 0 bridgehead atoms. The SMILES string of the molecule is Clc1ccc(COC2CNC2)nc1. The summed E-state index contributed by atoms with van der Waals surface area (Å²) >= 11 is 5.70. The molecule has 0 atom stereocenters. The summed E-state index contributed by atoms with van der Waals surface area (Å²) in [6, 6.07) is 3.71. The summed E-state index contributed by atoms with van der Waals surface area (Å²) in [5.74, 6) is 0. The van der Waals surface area contributed by atoms with Crippen LogP contribution in [0.5, 0.6) is 0 Å². The van der Waals surface area contributed by atoms with E-state index in [-0.39, 0.29) is 0 Å². The first-order valence-electron chi connectivity index (χ1n) is 4.27. The number of hydrogen-bond donors (Lipinski definition) is 1. The summed E-state index contributed by atoms with van der Waals surface area (Å²) in [5.41, 5.74) is 0.927. The molecule has 2 heterocycles. The number of hydrogen-bond acceptors (Lipinski definition) is 3. The van der Waals surface area contributed by atoms with Gasteiger partial charge in [0.2, 0.25) is 0 Å². The van der Waals surface area contributed by atoms with Crippen LogP contribution in [-0.2, 0) is 11.3 Å². The van der Waals surface area contributed by atoms with Gasteiger partial charge in [0, 0.05) is 19.3 Å². The minimum atomic E-state index is 0.359. The monoisotopic (exact) mass is 198 g/mol. The van der Waals surface area contributed by atoms with Gasteiger partial charge in [-0.05, 0) is 12.1 Å². The lowest BCUT2D eigenvalue weighted by atomic mass is 10.2. The molecule has 0 unspecified atom stereocenters. The van der Waals surface area contributed by atoms with Gasteiger partial charge >= 0.3 is 0 Å². The number of rotatable bonds is 3. The predicted octanol–water partition coefficient (Wildman–Crippen LogP) is 1.22. The van der Waals surface area contributed by atoms with Crippen molar-refractivity contribution in [3.8, 4) is 0 Å². The van der Waals surface area contributed by atoms with Crippen LogP contribution in [0, 0.1) is 0 Å². The number of halogens is 1. The Morgan fingerprint density at radius 3 is 2.92 bits per heavy atom. The Hall–Kier alpha value is -0.640. The van der Waals surface area contributed by atoms with Crippen molar-refractivity contribution < 1.29 is 4.74 Å². The normalized spacial score (nSPS) is 17.0. The van der Waals surface area contributed by atoms with Crippen molar-refractivity contribution in [1.29, 1.82) is 0 Å². The van der Waals surface area contributed by atoms with E-state index < -0.39 is 0 Å². The minimum absolute atomic E-state index is 0.359. The molecule has 1 aromatic heterocycles. The van der Waals surface area contributed by atoms with E-state index in [0.717, 1.165) is 18.8 Å². The largest absolute Gasteiger partial charge is 0.369 e. The van der Waals surface area contributed by atoms with Crippen LogP contribution in [0.3, 0.4) is 0 Å². The maximum atomic E-state index is 5.70. The molecule has 1 fully saturated rings. The highest BCUT2D eigenvalue weighted by molar-refractivity contribution is 6.30. The molecule has 70 valence electrons. The molecule has 0 saturated carbocycles. The fourth-order valence-corrected chi connectivity index (χ4v) is 1.19. The van der Waals surface area contributed by atoms with Gasteiger partial charge in [-0.2, -0.15) is 0 Å². The fraction of sp³-hybridized carbons (Fsp3) is 0.444. The molecule has 13 heavy (non-hydrogen) atoms. The van der Waals surface area contributed by atoms with Gasteiger partial charge in [-0.3, -0.25) is 4.98 Å². The highest BCUT2D eigenvalue weighted by Crippen LogP contribution is 2.08. The van der Waals surface area contributed by atoms with Crippen molar-refractivity contribution in [1.82, 2.24) is 10.3 Å². The molecule has 3 nitrogen and oxygen atoms in total. The first-order chi connectivity index (χ1) is 6.34. The van der Waals surface area contributed by atoms with E-state index in [1.807, 2.05) is 12.1 Å². The molecule has 1 aliphatic heterocycles. The van der Waals surface area contributed by atoms with Crippen molar-refractivity contribution in [2.45, 2.75) is 12.7 Å². The summed E-state index contributed by atoms with van der Waals surface area (Å²) < 4.78 is 5.54. The quantitative estimate of drug-likeness (QED) is 0.793. The van der Waals surface area contributed by atoms with Gasteiger partial charge in [0.25, 0.3) is 0 Å². The van der Waals surface area contributed by atoms with Crippen LogP contribution >= 0.6 is 11.6 Å². The Morgan fingerprint density at radius 1 is 1.54 bits per heavy atom. The molecule has 1 aliphatic rings. The molecular weight excluding hydrogens is 188 g/mol. The van der Waals surface area contributed by atoms with Crippen molar-refractivity contribution in [2.24, 2.45) is 0 Å². The molecule has 1 aromatic rings. The van der Waals surface area contributed by atoms with Crippen LogP contribution in [0.4, 0.5) is 0 Å². The van der Waals surface area contributed by atoms with Crippen LogP contribution in [0.1, 0.15) is 5.69 Å². The van der Waals surface area contributed by atoms with E-state index in [4.69, 9.17) is 16.3 Å². The van der Waals surface area contributed by atoms with Crippen molar-refractivity contribution in [3.63, 3.8) is 0 Å². The number of nitrogens with zero attached hydrogens (tertiary/aromatic N) is 1. The van der Waals surface area contributed by atoms with E-state index in [9.17, 15) is 0 Å². The van der Waals surface area contributed by atoms with Crippen LogP contribution in [0.25, 0.3) is 0 Å². The maximum Gasteiger partial charge on any atom is 0.0892 e. The summed E-state index contributed by atoms with van der Waals surface area (Å²) in [6.45, 7) is 2.48. The lowest BCUT2D eigenvalue weighted by molar-refractivity contribution is 0.00606. The van der Waals surface area contributed by atoms with Gasteiger partial charge in [0.05, 0.1) is 23.4 Å². The number of nitrogens with one attached hydrogen (secondary N) is 1. The Balaban J connectivity index is 1.83. The van der Waals surface area contributed by atoms with E-state index in [0.29, 0.717) is 17.7 Å². The Morgan fingerprint density at radius 2 is 2.38 bits per heavy atom. The molecule has 0 aromatic carbocycles. The molecule has 4 heteroatoms. The van der Waals surface area contributed by atoms with E-state index in [2.05, 4.69) is 10.3 Å². The van der Waals surface area contributed by atoms with Crippen molar-refractivity contribution >= 4 is 11.6 Å². The summed E-state index contributed by atoms with van der Waals surface area (Å²) in [4.78, 5) is 4.13. The van der Waals surface area contributed by atoms with Gasteiger partial charge in [0.15, 0.2) is 0 Å². The van der Waals surface area contributed by atoms with Crippen LogP contribution in [0.15, 0.2) is 18.3 Å². The first kappa shape index (κ1) is 8.94. The van der Waals surface area contributed by atoms with Crippen molar-refractivity contribution in [3.05, 3.63) is 29.0 Å². The standard InChI is InChI=1S/C9H11ClN2O/c10-7-1-2-8(12-3-7)6-13-9-4-11-5-9/h1-3,9,11H,4-6H2. The van der Waals surface area contributed by atoms with Crippen molar-refractivity contribution in [2.75, 3.05) is 13.1 Å². The predicted molar refractivity (Wildman–Crippen MR) is 50.7 cm³/mol. The topological polar surface area (TPSA) is 34.1 Å². The fourth-order valence-electron chi connectivity index (χ4n) is 1.08.